The molecule has 0 saturated heterocycles. The fraction of sp³-hybridized carbons (Fsp3) is 0.133. The van der Waals surface area contributed by atoms with Crippen LogP contribution in [0.5, 0.6) is 0 Å². The summed E-state index contributed by atoms with van der Waals surface area (Å²) in [5.41, 5.74) is 2.66. The molecule has 2 aromatic carbocycles. The van der Waals surface area contributed by atoms with Crippen molar-refractivity contribution in [3.8, 4) is 0 Å². The number of nitrogens with zero attached hydrogens (tertiary/aromatic N) is 2. The fourth-order valence-corrected chi connectivity index (χ4v) is 2.96. The predicted molar refractivity (Wildman–Crippen MR) is 89.9 cm³/mol. The Labute approximate surface area is 142 Å². The quantitative estimate of drug-likeness (QED) is 0.541. The molecule has 0 aliphatic heterocycles. The fourth-order valence-electron chi connectivity index (χ4n) is 2.25. The van der Waals surface area contributed by atoms with Crippen LogP contribution < -0.4 is 0 Å². The molecule has 21 heavy (non-hydrogen) atoms. The average molecular weight is 360 g/mol. The van der Waals surface area contributed by atoms with Crippen LogP contribution in [0.15, 0.2) is 36.4 Å². The Kier molecular flexibility index (Phi) is 4.32. The molecule has 0 amide bonds. The molecule has 0 aliphatic carbocycles. The molecule has 0 fully saturated rings. The molecule has 0 aliphatic rings. The number of rotatable bonds is 3. The summed E-state index contributed by atoms with van der Waals surface area (Å²) in [6.07, 6.45) is 0. The molecule has 108 valence electrons. The molecule has 1 heterocycles. The molecule has 0 saturated carbocycles. The Morgan fingerprint density at radius 1 is 0.952 bits per heavy atom. The van der Waals surface area contributed by atoms with Crippen molar-refractivity contribution in [2.45, 2.75) is 12.4 Å². The molecule has 0 atom stereocenters. The van der Waals surface area contributed by atoms with Crippen LogP contribution in [-0.2, 0) is 12.4 Å². The number of imidazole rings is 1. The zero-order valence-corrected chi connectivity index (χ0v) is 13.8. The second kappa shape index (κ2) is 6.05. The molecule has 0 radical (unpaired) electrons. The van der Waals surface area contributed by atoms with E-state index in [9.17, 15) is 0 Å². The van der Waals surface area contributed by atoms with Crippen LogP contribution in [0.3, 0.4) is 0 Å². The number of fused-ring (bicyclic) bond motifs is 1. The molecule has 2 nitrogen and oxygen atoms in total. The van der Waals surface area contributed by atoms with Gasteiger partial charge in [-0.1, -0.05) is 53.0 Å². The van der Waals surface area contributed by atoms with Crippen molar-refractivity contribution in [1.82, 2.24) is 9.55 Å². The molecule has 0 spiro atoms. The third-order valence-corrected chi connectivity index (χ3v) is 4.61. The molecular formula is C15H10Cl4N2. The molecule has 3 rings (SSSR count). The maximum atomic E-state index is 6.23. The number of hydrogen-bond acceptors (Lipinski definition) is 1. The van der Waals surface area contributed by atoms with Gasteiger partial charge < -0.3 is 4.57 Å². The van der Waals surface area contributed by atoms with Gasteiger partial charge in [-0.05, 0) is 23.8 Å². The topological polar surface area (TPSA) is 17.8 Å². The monoisotopic (exact) mass is 358 g/mol. The van der Waals surface area contributed by atoms with Crippen LogP contribution in [0.2, 0.25) is 15.1 Å². The van der Waals surface area contributed by atoms with Crippen molar-refractivity contribution in [3.05, 3.63) is 62.9 Å². The van der Waals surface area contributed by atoms with Gasteiger partial charge in [0.05, 0.1) is 33.5 Å². The van der Waals surface area contributed by atoms with Gasteiger partial charge in [-0.25, -0.2) is 4.98 Å². The van der Waals surface area contributed by atoms with Gasteiger partial charge in [0.25, 0.3) is 0 Å². The van der Waals surface area contributed by atoms with Gasteiger partial charge in [-0.3, -0.25) is 0 Å². The highest BCUT2D eigenvalue weighted by atomic mass is 35.5. The third-order valence-electron chi connectivity index (χ3n) is 3.28. The van der Waals surface area contributed by atoms with Crippen molar-refractivity contribution in [1.29, 1.82) is 0 Å². The maximum Gasteiger partial charge on any atom is 0.125 e. The second-order valence-corrected chi connectivity index (χ2v) is 6.08. The highest BCUT2D eigenvalue weighted by molar-refractivity contribution is 6.42. The lowest BCUT2D eigenvalue weighted by Crippen LogP contribution is -2.04. The van der Waals surface area contributed by atoms with E-state index in [1.165, 1.54) is 0 Å². The summed E-state index contributed by atoms with van der Waals surface area (Å²) < 4.78 is 2.01. The average Bonchev–Trinajstić information content (AvgIpc) is 2.79. The van der Waals surface area contributed by atoms with E-state index in [1.54, 1.807) is 12.1 Å². The van der Waals surface area contributed by atoms with E-state index in [0.717, 1.165) is 22.4 Å². The van der Waals surface area contributed by atoms with Crippen LogP contribution in [0.1, 0.15) is 11.4 Å². The summed E-state index contributed by atoms with van der Waals surface area (Å²) in [7, 11) is 0. The summed E-state index contributed by atoms with van der Waals surface area (Å²) in [6, 6.07) is 11.2. The smallest absolute Gasteiger partial charge is 0.125 e. The SMILES string of the molecule is ClCc1nc2cc(Cl)c(Cl)cc2n1Cc1ccccc1Cl. The van der Waals surface area contributed by atoms with Crippen LogP contribution >= 0.6 is 46.4 Å². The first-order chi connectivity index (χ1) is 10.1. The Morgan fingerprint density at radius 2 is 1.67 bits per heavy atom. The Balaban J connectivity index is 2.16. The van der Waals surface area contributed by atoms with E-state index in [0.29, 0.717) is 27.5 Å². The Hall–Kier alpha value is -0.930. The van der Waals surface area contributed by atoms with E-state index < -0.39 is 0 Å². The van der Waals surface area contributed by atoms with Gasteiger partial charge in [0, 0.05) is 5.02 Å². The first-order valence-electron chi connectivity index (χ1n) is 6.23. The molecule has 3 aromatic rings. The standard InChI is InChI=1S/C15H10Cl4N2/c16-7-15-20-13-5-11(18)12(19)6-14(13)21(15)8-9-3-1-2-4-10(9)17/h1-6H,7-8H2. The van der Waals surface area contributed by atoms with Gasteiger partial charge in [-0.15, -0.1) is 11.6 Å². The van der Waals surface area contributed by atoms with E-state index in [-0.39, 0.29) is 0 Å². The highest BCUT2D eigenvalue weighted by Crippen LogP contribution is 2.30. The van der Waals surface area contributed by atoms with Crippen LogP contribution in [0.25, 0.3) is 11.0 Å². The van der Waals surface area contributed by atoms with Crippen LogP contribution in [-0.4, -0.2) is 9.55 Å². The zero-order chi connectivity index (χ0) is 15.0. The Morgan fingerprint density at radius 3 is 2.38 bits per heavy atom. The molecule has 0 unspecified atom stereocenters. The number of hydrogen-bond donors (Lipinski definition) is 0. The van der Waals surface area contributed by atoms with Gasteiger partial charge in [0.15, 0.2) is 0 Å². The molecular weight excluding hydrogens is 350 g/mol. The molecule has 6 heteroatoms. The minimum atomic E-state index is 0.300. The van der Waals surface area contributed by atoms with Gasteiger partial charge in [-0.2, -0.15) is 0 Å². The first kappa shape index (κ1) is 15.0. The number of alkyl halides is 1. The van der Waals surface area contributed by atoms with E-state index in [2.05, 4.69) is 4.98 Å². The summed E-state index contributed by atoms with van der Waals surface area (Å²) in [4.78, 5) is 4.50. The molecule has 0 N–H and O–H groups in total. The van der Waals surface area contributed by atoms with Crippen LogP contribution in [0, 0.1) is 0 Å². The molecule has 0 bridgehead atoms. The lowest BCUT2D eigenvalue weighted by molar-refractivity contribution is 0.779. The van der Waals surface area contributed by atoms with E-state index in [1.807, 2.05) is 28.8 Å². The van der Waals surface area contributed by atoms with Gasteiger partial charge in [0.2, 0.25) is 0 Å². The normalized spacial score (nSPS) is 11.2. The Bertz CT molecular complexity index is 811. The lowest BCUT2D eigenvalue weighted by atomic mass is 10.2. The maximum absolute atomic E-state index is 6.23. The number of halogens is 4. The predicted octanol–water partition coefficient (Wildman–Crippen LogP) is 5.78. The van der Waals surface area contributed by atoms with E-state index >= 15 is 0 Å². The second-order valence-electron chi connectivity index (χ2n) is 4.59. The number of benzene rings is 2. The summed E-state index contributed by atoms with van der Waals surface area (Å²) >= 11 is 24.4. The minimum Gasteiger partial charge on any atom is -0.322 e. The van der Waals surface area contributed by atoms with Crippen molar-refractivity contribution >= 4 is 57.4 Å². The van der Waals surface area contributed by atoms with Crippen molar-refractivity contribution < 1.29 is 0 Å². The first-order valence-corrected chi connectivity index (χ1v) is 7.90. The molecule has 1 aromatic heterocycles. The van der Waals surface area contributed by atoms with Crippen LogP contribution in [0.4, 0.5) is 0 Å². The summed E-state index contributed by atoms with van der Waals surface area (Å²) in [5.74, 6) is 1.05. The van der Waals surface area contributed by atoms with Crippen molar-refractivity contribution in [3.63, 3.8) is 0 Å². The lowest BCUT2D eigenvalue weighted by Gasteiger charge is -2.09. The van der Waals surface area contributed by atoms with Crippen molar-refractivity contribution in [2.75, 3.05) is 0 Å². The highest BCUT2D eigenvalue weighted by Gasteiger charge is 2.13. The van der Waals surface area contributed by atoms with Gasteiger partial charge >= 0.3 is 0 Å². The number of aromatic nitrogens is 2. The zero-order valence-electron chi connectivity index (χ0n) is 10.8. The van der Waals surface area contributed by atoms with Gasteiger partial charge in [0.1, 0.15) is 5.82 Å². The van der Waals surface area contributed by atoms with E-state index in [4.69, 9.17) is 46.4 Å². The largest absolute Gasteiger partial charge is 0.322 e. The summed E-state index contributed by atoms with van der Waals surface area (Å²) in [6.45, 7) is 0.580. The third kappa shape index (κ3) is 2.86. The summed E-state index contributed by atoms with van der Waals surface area (Å²) in [5, 5.41) is 1.68. The van der Waals surface area contributed by atoms with Crippen molar-refractivity contribution in [2.24, 2.45) is 0 Å². The minimum absolute atomic E-state index is 0.300.